The number of oxime groups is 1. The molecule has 1 fully saturated rings. The first-order chi connectivity index (χ1) is 6.76. The molecular weight excluding hydrogens is 185 g/mol. The second-order valence-electron chi connectivity index (χ2n) is 3.79. The van der Waals surface area contributed by atoms with Gasteiger partial charge in [-0.1, -0.05) is 5.16 Å². The molecule has 0 aliphatic carbocycles. The van der Waals surface area contributed by atoms with Crippen molar-refractivity contribution in [3.05, 3.63) is 0 Å². The summed E-state index contributed by atoms with van der Waals surface area (Å²) in [5.41, 5.74) is 5.40. The molecular formula is C9H18FN3O. The van der Waals surface area contributed by atoms with E-state index >= 15 is 0 Å². The molecule has 0 radical (unpaired) electrons. The average molecular weight is 203 g/mol. The quantitative estimate of drug-likeness (QED) is 0.307. The predicted octanol–water partition coefficient (Wildman–Crippen LogP) is 0.804. The van der Waals surface area contributed by atoms with E-state index in [1.165, 1.54) is 0 Å². The smallest absolute Gasteiger partial charge is 0.153 e. The van der Waals surface area contributed by atoms with Crippen LogP contribution in [0.25, 0.3) is 0 Å². The van der Waals surface area contributed by atoms with E-state index in [1.54, 1.807) is 0 Å². The molecule has 0 aromatic heterocycles. The highest BCUT2D eigenvalue weighted by Gasteiger charge is 2.19. The van der Waals surface area contributed by atoms with Crippen molar-refractivity contribution < 1.29 is 9.60 Å². The first-order valence-electron chi connectivity index (χ1n) is 5.01. The number of nitrogens with zero attached hydrogens (tertiary/aromatic N) is 2. The lowest BCUT2D eigenvalue weighted by molar-refractivity contribution is 0.189. The molecule has 1 rings (SSSR count). The highest BCUT2D eigenvalue weighted by atomic mass is 19.1. The minimum Gasteiger partial charge on any atom is -0.409 e. The molecule has 0 amide bonds. The van der Waals surface area contributed by atoms with E-state index in [0.29, 0.717) is 18.9 Å². The van der Waals surface area contributed by atoms with Gasteiger partial charge in [0.1, 0.15) is 0 Å². The molecule has 1 aliphatic rings. The number of hydrogen-bond acceptors (Lipinski definition) is 3. The fourth-order valence-electron chi connectivity index (χ4n) is 1.85. The Morgan fingerprint density at radius 3 is 2.64 bits per heavy atom. The third-order valence-electron chi connectivity index (χ3n) is 2.74. The Bertz CT molecular complexity index is 190. The van der Waals surface area contributed by atoms with Crippen molar-refractivity contribution >= 4 is 5.84 Å². The van der Waals surface area contributed by atoms with Gasteiger partial charge in [0.2, 0.25) is 0 Å². The van der Waals surface area contributed by atoms with Gasteiger partial charge >= 0.3 is 0 Å². The van der Waals surface area contributed by atoms with Crippen molar-refractivity contribution in [2.24, 2.45) is 16.8 Å². The summed E-state index contributed by atoms with van der Waals surface area (Å²) < 4.78 is 12.1. The molecule has 5 heteroatoms. The zero-order valence-electron chi connectivity index (χ0n) is 8.32. The number of halogens is 1. The van der Waals surface area contributed by atoms with Crippen LogP contribution in [0.1, 0.15) is 19.3 Å². The van der Waals surface area contributed by atoms with Gasteiger partial charge in [0.15, 0.2) is 5.84 Å². The summed E-state index contributed by atoms with van der Waals surface area (Å²) in [7, 11) is 0. The first kappa shape index (κ1) is 11.2. The predicted molar refractivity (Wildman–Crippen MR) is 53.2 cm³/mol. The highest BCUT2D eigenvalue weighted by molar-refractivity contribution is 5.81. The fourth-order valence-corrected chi connectivity index (χ4v) is 1.85. The topological polar surface area (TPSA) is 61.8 Å². The maximum atomic E-state index is 12.1. The number of alkyl halides is 1. The summed E-state index contributed by atoms with van der Waals surface area (Å²) >= 11 is 0. The van der Waals surface area contributed by atoms with Crippen LogP contribution >= 0.6 is 0 Å². The first-order valence-corrected chi connectivity index (χ1v) is 5.01. The van der Waals surface area contributed by atoms with Gasteiger partial charge in [-0.15, -0.1) is 0 Å². The zero-order chi connectivity index (χ0) is 10.4. The Kier molecular flexibility index (Phi) is 4.65. The molecule has 0 saturated carbocycles. The normalized spacial score (nSPS) is 21.4. The second kappa shape index (κ2) is 5.80. The van der Waals surface area contributed by atoms with E-state index < -0.39 is 0 Å². The van der Waals surface area contributed by atoms with Gasteiger partial charge in [-0.25, -0.2) is 0 Å². The fraction of sp³-hybridized carbons (Fsp3) is 0.889. The second-order valence-corrected chi connectivity index (χ2v) is 3.79. The summed E-state index contributed by atoms with van der Waals surface area (Å²) in [6.07, 6.45) is 2.71. The molecule has 0 unspecified atom stereocenters. The lowest BCUT2D eigenvalue weighted by atomic mass is 9.94. The maximum Gasteiger partial charge on any atom is 0.153 e. The van der Waals surface area contributed by atoms with Crippen LogP contribution < -0.4 is 5.73 Å². The monoisotopic (exact) mass is 203 g/mol. The van der Waals surface area contributed by atoms with E-state index in [4.69, 9.17) is 10.9 Å². The third-order valence-corrected chi connectivity index (χ3v) is 2.74. The van der Waals surface area contributed by atoms with Crippen LogP contribution in [-0.4, -0.2) is 42.3 Å². The lowest BCUT2D eigenvalue weighted by Gasteiger charge is -2.30. The standard InChI is InChI=1S/C9H18FN3O/c10-4-1-8-2-5-13(6-3-8)7-9(11)12-14/h8,14H,1-7H2,(H2,11,12). The molecule has 1 heterocycles. The van der Waals surface area contributed by atoms with Crippen LogP contribution in [0.2, 0.25) is 0 Å². The van der Waals surface area contributed by atoms with Crippen molar-refractivity contribution in [1.29, 1.82) is 0 Å². The van der Waals surface area contributed by atoms with Crippen LogP contribution in [0, 0.1) is 5.92 Å². The van der Waals surface area contributed by atoms with E-state index in [1.807, 2.05) is 0 Å². The van der Waals surface area contributed by atoms with E-state index in [-0.39, 0.29) is 12.5 Å². The minimum atomic E-state index is -0.217. The van der Waals surface area contributed by atoms with Gasteiger partial charge in [0, 0.05) is 0 Å². The summed E-state index contributed by atoms with van der Waals surface area (Å²) in [4.78, 5) is 2.13. The maximum absolute atomic E-state index is 12.1. The summed E-state index contributed by atoms with van der Waals surface area (Å²) in [6.45, 7) is 2.13. The van der Waals surface area contributed by atoms with Gasteiger partial charge in [0.25, 0.3) is 0 Å². The van der Waals surface area contributed by atoms with Gasteiger partial charge < -0.3 is 10.9 Å². The van der Waals surface area contributed by atoms with Crippen LogP contribution in [0.4, 0.5) is 4.39 Å². The Morgan fingerprint density at radius 2 is 2.14 bits per heavy atom. The zero-order valence-corrected chi connectivity index (χ0v) is 8.32. The minimum absolute atomic E-state index is 0.217. The molecule has 0 aromatic carbocycles. The van der Waals surface area contributed by atoms with Crippen LogP contribution in [0.3, 0.4) is 0 Å². The SMILES string of the molecule is NC(CN1CCC(CCF)CC1)=NO. The summed E-state index contributed by atoms with van der Waals surface area (Å²) in [6, 6.07) is 0. The third kappa shape index (κ3) is 3.49. The van der Waals surface area contributed by atoms with Crippen LogP contribution in [-0.2, 0) is 0 Å². The number of amidine groups is 1. The number of rotatable bonds is 4. The Balaban J connectivity index is 2.22. The van der Waals surface area contributed by atoms with Crippen molar-refractivity contribution in [2.75, 3.05) is 26.3 Å². The van der Waals surface area contributed by atoms with Crippen molar-refractivity contribution in [3.63, 3.8) is 0 Å². The molecule has 14 heavy (non-hydrogen) atoms. The van der Waals surface area contributed by atoms with Crippen molar-refractivity contribution in [3.8, 4) is 0 Å². The lowest BCUT2D eigenvalue weighted by Crippen LogP contribution is -2.39. The van der Waals surface area contributed by atoms with E-state index in [9.17, 15) is 4.39 Å². The molecule has 0 atom stereocenters. The van der Waals surface area contributed by atoms with E-state index in [0.717, 1.165) is 25.9 Å². The largest absolute Gasteiger partial charge is 0.409 e. The van der Waals surface area contributed by atoms with Gasteiger partial charge in [-0.3, -0.25) is 9.29 Å². The number of hydrogen-bond donors (Lipinski definition) is 2. The summed E-state index contributed by atoms with van der Waals surface area (Å²) in [5, 5.41) is 11.3. The molecule has 1 saturated heterocycles. The van der Waals surface area contributed by atoms with Crippen molar-refractivity contribution in [1.82, 2.24) is 4.90 Å². The van der Waals surface area contributed by atoms with E-state index in [2.05, 4.69) is 10.1 Å². The number of nitrogens with two attached hydrogens (primary N) is 1. The van der Waals surface area contributed by atoms with Crippen LogP contribution in [0.5, 0.6) is 0 Å². The van der Waals surface area contributed by atoms with Crippen molar-refractivity contribution in [2.45, 2.75) is 19.3 Å². The Hall–Kier alpha value is -0.840. The molecule has 1 aliphatic heterocycles. The molecule has 4 nitrogen and oxygen atoms in total. The van der Waals surface area contributed by atoms with Gasteiger partial charge in [0.05, 0.1) is 13.2 Å². The van der Waals surface area contributed by atoms with Gasteiger partial charge in [-0.05, 0) is 38.3 Å². The molecule has 0 bridgehead atoms. The molecule has 0 aromatic rings. The highest BCUT2D eigenvalue weighted by Crippen LogP contribution is 2.19. The Labute approximate surface area is 83.6 Å². The average Bonchev–Trinajstić information content (AvgIpc) is 2.21. The molecule has 0 spiro atoms. The van der Waals surface area contributed by atoms with Gasteiger partial charge in [-0.2, -0.15) is 0 Å². The summed E-state index contributed by atoms with van der Waals surface area (Å²) in [5.74, 6) is 0.762. The number of piperidine rings is 1. The molecule has 82 valence electrons. The number of likely N-dealkylation sites (tertiary alicyclic amines) is 1. The molecule has 3 N–H and O–H groups in total. The Morgan fingerprint density at radius 1 is 1.50 bits per heavy atom. The van der Waals surface area contributed by atoms with Crippen LogP contribution in [0.15, 0.2) is 5.16 Å².